The zero-order valence-electron chi connectivity index (χ0n) is 23.2. The third kappa shape index (κ3) is 3.14. The van der Waals surface area contributed by atoms with Gasteiger partial charge in [-0.05, 0) is 65.4 Å². The number of hydrogen-bond donors (Lipinski definition) is 0. The van der Waals surface area contributed by atoms with E-state index in [2.05, 4.69) is 143 Å². The van der Waals surface area contributed by atoms with E-state index < -0.39 is 0 Å². The van der Waals surface area contributed by atoms with Crippen LogP contribution in [0, 0.1) is 0 Å². The van der Waals surface area contributed by atoms with E-state index in [0.717, 1.165) is 27.6 Å². The predicted octanol–water partition coefficient (Wildman–Crippen LogP) is 10.9. The van der Waals surface area contributed by atoms with Gasteiger partial charge in [-0.1, -0.05) is 84.9 Å². The molecule has 0 amide bonds. The maximum Gasteiger partial charge on any atom is 0.137 e. The van der Waals surface area contributed by atoms with E-state index in [0.29, 0.717) is 0 Å². The first-order chi connectivity index (χ1) is 21.3. The van der Waals surface area contributed by atoms with E-state index in [4.69, 9.17) is 4.42 Å². The summed E-state index contributed by atoms with van der Waals surface area (Å²) in [5.41, 5.74) is 8.87. The molecular weight excluding hydrogens is 524 g/mol. The summed E-state index contributed by atoms with van der Waals surface area (Å²) in [4.78, 5) is 0. The number of benzene rings is 7. The van der Waals surface area contributed by atoms with E-state index in [1.165, 1.54) is 60.1 Å². The van der Waals surface area contributed by atoms with Gasteiger partial charge in [-0.2, -0.15) is 0 Å². The molecule has 3 nitrogen and oxygen atoms in total. The van der Waals surface area contributed by atoms with Crippen LogP contribution in [-0.2, 0) is 0 Å². The Balaban J connectivity index is 1.31. The Hall–Kier alpha value is -5.80. The fourth-order valence-electron chi connectivity index (χ4n) is 7.16. The lowest BCUT2D eigenvalue weighted by atomic mass is 10.1. The van der Waals surface area contributed by atoms with Crippen molar-refractivity contribution in [3.63, 3.8) is 0 Å². The highest BCUT2D eigenvalue weighted by Crippen LogP contribution is 2.40. The standard InChI is InChI=1S/C40H24N2O/c1-2-10-26-21-27(18-17-25(26)9-1)41-35-14-6-3-11-29(35)33-24-38-34(23-37(33)41)30-12-4-7-15-36(30)42(38)28-19-20-32-31-13-5-8-16-39(31)43-40(32)22-28/h1-24H. The van der Waals surface area contributed by atoms with Crippen LogP contribution < -0.4 is 0 Å². The van der Waals surface area contributed by atoms with E-state index in [-0.39, 0.29) is 0 Å². The molecule has 0 saturated heterocycles. The van der Waals surface area contributed by atoms with Crippen molar-refractivity contribution in [1.29, 1.82) is 0 Å². The number of nitrogens with zero attached hydrogens (tertiary/aromatic N) is 2. The summed E-state index contributed by atoms with van der Waals surface area (Å²) < 4.78 is 11.1. The SMILES string of the molecule is c1ccc2cc(-n3c4ccccc4c4cc5c(cc43)c3ccccc3n5-c3ccc4c(c3)oc3ccccc34)ccc2c1. The van der Waals surface area contributed by atoms with Gasteiger partial charge in [0, 0.05) is 49.8 Å². The van der Waals surface area contributed by atoms with Crippen LogP contribution in [0.15, 0.2) is 150 Å². The molecule has 0 unspecified atom stereocenters. The summed E-state index contributed by atoms with van der Waals surface area (Å²) in [6.45, 7) is 0. The lowest BCUT2D eigenvalue weighted by Crippen LogP contribution is -1.95. The second kappa shape index (κ2) is 8.37. The molecular formula is C40H24N2O. The van der Waals surface area contributed by atoms with Gasteiger partial charge in [0.15, 0.2) is 0 Å². The van der Waals surface area contributed by atoms with Crippen LogP contribution in [0.2, 0.25) is 0 Å². The van der Waals surface area contributed by atoms with Crippen LogP contribution in [0.4, 0.5) is 0 Å². The Morgan fingerprint density at radius 2 is 0.860 bits per heavy atom. The van der Waals surface area contributed by atoms with Crippen LogP contribution in [0.3, 0.4) is 0 Å². The summed E-state index contributed by atoms with van der Waals surface area (Å²) in [7, 11) is 0. The number of rotatable bonds is 2. The summed E-state index contributed by atoms with van der Waals surface area (Å²) in [5, 5.41) is 9.73. The molecule has 3 aromatic heterocycles. The lowest BCUT2D eigenvalue weighted by molar-refractivity contribution is 0.668. The lowest BCUT2D eigenvalue weighted by Gasteiger charge is -2.10. The largest absolute Gasteiger partial charge is 0.456 e. The minimum atomic E-state index is 0.901. The van der Waals surface area contributed by atoms with Crippen molar-refractivity contribution in [1.82, 2.24) is 9.13 Å². The molecule has 0 bridgehead atoms. The Bertz CT molecular complexity index is 2740. The maximum atomic E-state index is 6.31. The zero-order chi connectivity index (χ0) is 28.1. The quantitative estimate of drug-likeness (QED) is 0.211. The number of fused-ring (bicyclic) bond motifs is 10. The molecule has 10 aromatic rings. The molecule has 0 radical (unpaired) electrons. The van der Waals surface area contributed by atoms with Crippen LogP contribution >= 0.6 is 0 Å². The molecule has 3 heteroatoms. The Kier molecular flexibility index (Phi) is 4.45. The van der Waals surface area contributed by atoms with Crippen LogP contribution in [0.5, 0.6) is 0 Å². The summed E-state index contributed by atoms with van der Waals surface area (Å²) in [5.74, 6) is 0. The number of hydrogen-bond acceptors (Lipinski definition) is 1. The first-order valence-electron chi connectivity index (χ1n) is 14.7. The molecule has 0 fully saturated rings. The van der Waals surface area contributed by atoms with Crippen molar-refractivity contribution in [2.75, 3.05) is 0 Å². The van der Waals surface area contributed by atoms with Crippen LogP contribution in [0.25, 0.3) is 87.7 Å². The Morgan fingerprint density at radius 1 is 0.326 bits per heavy atom. The van der Waals surface area contributed by atoms with Gasteiger partial charge in [0.25, 0.3) is 0 Å². The van der Waals surface area contributed by atoms with Gasteiger partial charge in [0.2, 0.25) is 0 Å². The molecule has 7 aromatic carbocycles. The fraction of sp³-hybridized carbons (Fsp3) is 0. The first kappa shape index (κ1) is 22.8. The normalized spacial score (nSPS) is 12.2. The highest BCUT2D eigenvalue weighted by molar-refractivity contribution is 6.19. The van der Waals surface area contributed by atoms with Crippen LogP contribution in [-0.4, -0.2) is 9.13 Å². The number of aromatic nitrogens is 2. The average molecular weight is 549 g/mol. The number of furan rings is 1. The summed E-state index contributed by atoms with van der Waals surface area (Å²) in [6, 6.07) is 52.4. The Morgan fingerprint density at radius 3 is 1.58 bits per heavy atom. The smallest absolute Gasteiger partial charge is 0.137 e. The summed E-state index contributed by atoms with van der Waals surface area (Å²) in [6.07, 6.45) is 0. The minimum Gasteiger partial charge on any atom is -0.456 e. The van der Waals surface area contributed by atoms with Gasteiger partial charge in [-0.15, -0.1) is 0 Å². The third-order valence-corrected chi connectivity index (χ3v) is 9.08. The summed E-state index contributed by atoms with van der Waals surface area (Å²) >= 11 is 0. The molecule has 43 heavy (non-hydrogen) atoms. The molecule has 0 aliphatic heterocycles. The van der Waals surface area contributed by atoms with E-state index in [9.17, 15) is 0 Å². The van der Waals surface area contributed by atoms with Crippen molar-refractivity contribution in [3.05, 3.63) is 146 Å². The minimum absolute atomic E-state index is 0.901. The first-order valence-corrected chi connectivity index (χ1v) is 14.7. The average Bonchev–Trinajstić information content (AvgIpc) is 3.70. The zero-order valence-corrected chi connectivity index (χ0v) is 23.2. The second-order valence-electron chi connectivity index (χ2n) is 11.4. The molecule has 0 aliphatic rings. The van der Waals surface area contributed by atoms with Gasteiger partial charge >= 0.3 is 0 Å². The van der Waals surface area contributed by atoms with Crippen molar-refractivity contribution >= 4 is 76.3 Å². The van der Waals surface area contributed by atoms with Gasteiger partial charge < -0.3 is 13.6 Å². The van der Waals surface area contributed by atoms with Crippen molar-refractivity contribution in [2.24, 2.45) is 0 Å². The third-order valence-electron chi connectivity index (χ3n) is 9.08. The molecule has 0 spiro atoms. The van der Waals surface area contributed by atoms with Crippen molar-refractivity contribution in [3.8, 4) is 11.4 Å². The molecule has 200 valence electrons. The maximum absolute atomic E-state index is 6.31. The highest BCUT2D eigenvalue weighted by atomic mass is 16.3. The van der Waals surface area contributed by atoms with E-state index >= 15 is 0 Å². The molecule has 0 atom stereocenters. The predicted molar refractivity (Wildman–Crippen MR) is 180 cm³/mol. The molecule has 0 N–H and O–H groups in total. The van der Waals surface area contributed by atoms with Gasteiger partial charge in [0.05, 0.1) is 22.1 Å². The second-order valence-corrected chi connectivity index (χ2v) is 11.4. The van der Waals surface area contributed by atoms with Crippen molar-refractivity contribution < 1.29 is 4.42 Å². The molecule has 10 rings (SSSR count). The topological polar surface area (TPSA) is 23.0 Å². The van der Waals surface area contributed by atoms with Gasteiger partial charge in [-0.3, -0.25) is 0 Å². The molecule has 0 aliphatic carbocycles. The van der Waals surface area contributed by atoms with Crippen molar-refractivity contribution in [2.45, 2.75) is 0 Å². The van der Waals surface area contributed by atoms with Crippen LogP contribution in [0.1, 0.15) is 0 Å². The van der Waals surface area contributed by atoms with E-state index in [1.54, 1.807) is 0 Å². The van der Waals surface area contributed by atoms with Gasteiger partial charge in [-0.25, -0.2) is 0 Å². The Labute approximate surface area is 246 Å². The fourth-order valence-corrected chi connectivity index (χ4v) is 7.16. The monoisotopic (exact) mass is 548 g/mol. The molecule has 3 heterocycles. The highest BCUT2D eigenvalue weighted by Gasteiger charge is 2.19. The number of para-hydroxylation sites is 3. The molecule has 0 saturated carbocycles. The van der Waals surface area contributed by atoms with Gasteiger partial charge in [0.1, 0.15) is 11.2 Å². The van der Waals surface area contributed by atoms with E-state index in [1.807, 2.05) is 12.1 Å².